The van der Waals surface area contributed by atoms with Crippen molar-refractivity contribution in [3.05, 3.63) is 23.8 Å². The first-order valence-electron chi connectivity index (χ1n) is 10.00. The predicted molar refractivity (Wildman–Crippen MR) is 99.7 cm³/mol. The summed E-state index contributed by atoms with van der Waals surface area (Å²) in [7, 11) is 3.16. The summed E-state index contributed by atoms with van der Waals surface area (Å²) in [5, 5.41) is 0. The second-order valence-electron chi connectivity index (χ2n) is 9.17. The molecule has 148 valence electrons. The Morgan fingerprint density at radius 1 is 1.33 bits per heavy atom. The molecule has 0 radical (unpaired) electrons. The lowest BCUT2D eigenvalue weighted by Gasteiger charge is -2.53. The molecule has 4 aliphatic rings. The van der Waals surface area contributed by atoms with Gasteiger partial charge < -0.3 is 14.2 Å². The van der Waals surface area contributed by atoms with Gasteiger partial charge in [0, 0.05) is 13.2 Å². The molecule has 0 N–H and O–H groups in total. The Labute approximate surface area is 161 Å². The Bertz CT molecular complexity index is 724. The van der Waals surface area contributed by atoms with E-state index >= 15 is 0 Å². The van der Waals surface area contributed by atoms with Gasteiger partial charge in [0.2, 0.25) is 0 Å². The van der Waals surface area contributed by atoms with Gasteiger partial charge >= 0.3 is 11.9 Å². The monoisotopic (exact) mass is 374 g/mol. The fourth-order valence-electron chi connectivity index (χ4n) is 6.46. The Morgan fingerprint density at radius 2 is 2.11 bits per heavy atom. The topological polar surface area (TPSA) is 61.8 Å². The van der Waals surface area contributed by atoms with Crippen molar-refractivity contribution in [3.63, 3.8) is 0 Å². The van der Waals surface area contributed by atoms with E-state index in [1.165, 1.54) is 7.11 Å². The molecule has 1 spiro atoms. The highest BCUT2D eigenvalue weighted by molar-refractivity contribution is 5.85. The SMILES string of the molecule is COC(=O)[C@]12C[C@]13CC[C@@H](C)[C@](C)(CCC1=CC(=O)OC1)[C@H]3C=C[C@H]2OC. The van der Waals surface area contributed by atoms with Gasteiger partial charge in [-0.2, -0.15) is 0 Å². The van der Waals surface area contributed by atoms with E-state index in [1.54, 1.807) is 13.2 Å². The zero-order chi connectivity index (χ0) is 19.4. The Hall–Kier alpha value is -1.62. The second kappa shape index (κ2) is 6.20. The molecule has 5 nitrogen and oxygen atoms in total. The minimum Gasteiger partial charge on any atom is -0.468 e. The minimum atomic E-state index is -0.539. The molecule has 0 saturated heterocycles. The molecule has 1 aliphatic heterocycles. The Morgan fingerprint density at radius 3 is 2.74 bits per heavy atom. The van der Waals surface area contributed by atoms with E-state index in [0.717, 1.165) is 37.7 Å². The van der Waals surface area contributed by atoms with Crippen LogP contribution in [0.25, 0.3) is 0 Å². The van der Waals surface area contributed by atoms with Crippen molar-refractivity contribution in [1.29, 1.82) is 0 Å². The molecule has 0 aromatic carbocycles. The number of carbonyl (C=O) groups excluding carboxylic acids is 2. The molecule has 27 heavy (non-hydrogen) atoms. The number of allylic oxidation sites excluding steroid dienone is 1. The number of methoxy groups -OCH3 is 2. The highest BCUT2D eigenvalue weighted by atomic mass is 16.5. The number of ether oxygens (including phenoxy) is 3. The smallest absolute Gasteiger partial charge is 0.331 e. The predicted octanol–water partition coefficient (Wildman–Crippen LogP) is 3.44. The first-order chi connectivity index (χ1) is 12.8. The van der Waals surface area contributed by atoms with E-state index in [4.69, 9.17) is 14.2 Å². The first kappa shape index (κ1) is 18.7. The number of cyclic esters (lactones) is 1. The number of hydrogen-bond acceptors (Lipinski definition) is 5. The maximum Gasteiger partial charge on any atom is 0.331 e. The molecule has 0 unspecified atom stereocenters. The summed E-state index contributed by atoms with van der Waals surface area (Å²) in [6, 6.07) is 0. The van der Waals surface area contributed by atoms with Crippen LogP contribution in [-0.4, -0.2) is 38.9 Å². The highest BCUT2D eigenvalue weighted by Gasteiger charge is 2.81. The van der Waals surface area contributed by atoms with E-state index in [0.29, 0.717) is 18.4 Å². The molecule has 0 aromatic rings. The minimum absolute atomic E-state index is 0.0623. The van der Waals surface area contributed by atoms with Gasteiger partial charge in [-0.1, -0.05) is 26.0 Å². The van der Waals surface area contributed by atoms with Crippen LogP contribution >= 0.6 is 0 Å². The van der Waals surface area contributed by atoms with E-state index in [-0.39, 0.29) is 28.9 Å². The van der Waals surface area contributed by atoms with Gasteiger partial charge in [-0.25, -0.2) is 4.79 Å². The van der Waals surface area contributed by atoms with E-state index in [1.807, 2.05) is 0 Å². The third kappa shape index (κ3) is 2.40. The van der Waals surface area contributed by atoms with E-state index in [9.17, 15) is 9.59 Å². The fraction of sp³-hybridized carbons (Fsp3) is 0.727. The Kier molecular flexibility index (Phi) is 4.30. The zero-order valence-electron chi connectivity index (χ0n) is 16.7. The summed E-state index contributed by atoms with van der Waals surface area (Å²) in [6.45, 7) is 5.11. The molecule has 2 fully saturated rings. The highest BCUT2D eigenvalue weighted by Crippen LogP contribution is 2.80. The third-order valence-electron chi connectivity index (χ3n) is 8.29. The standard InChI is InChI=1S/C22H30O5/c1-14-7-10-21-13-22(21,19(24)26-4)17(25-3)6-5-16(21)20(14,2)9-8-15-11-18(23)27-12-15/h5-6,11,14,16-17H,7-10,12-13H2,1-4H3/t14-,16-,17-,20+,21+,22-/m1/s1. The van der Waals surface area contributed by atoms with Crippen LogP contribution in [0.4, 0.5) is 0 Å². The van der Waals surface area contributed by atoms with Gasteiger partial charge in [-0.05, 0) is 60.3 Å². The van der Waals surface area contributed by atoms with Crippen LogP contribution in [0.15, 0.2) is 23.8 Å². The molecule has 4 rings (SSSR count). The van der Waals surface area contributed by atoms with Crippen molar-refractivity contribution in [2.45, 2.75) is 52.1 Å². The lowest BCUT2D eigenvalue weighted by atomic mass is 9.51. The lowest BCUT2D eigenvalue weighted by molar-refractivity contribution is -0.158. The number of esters is 2. The van der Waals surface area contributed by atoms with Gasteiger partial charge in [-0.3, -0.25) is 4.79 Å². The molecule has 3 aliphatic carbocycles. The van der Waals surface area contributed by atoms with Crippen molar-refractivity contribution in [2.24, 2.45) is 28.1 Å². The maximum absolute atomic E-state index is 12.8. The average Bonchev–Trinajstić information content (AvgIpc) is 3.20. The van der Waals surface area contributed by atoms with E-state index < -0.39 is 5.41 Å². The van der Waals surface area contributed by atoms with Crippen LogP contribution in [0, 0.1) is 28.1 Å². The summed E-state index contributed by atoms with van der Waals surface area (Å²) in [4.78, 5) is 24.2. The molecule has 6 atom stereocenters. The molecular weight excluding hydrogens is 344 g/mol. The fourth-order valence-corrected chi connectivity index (χ4v) is 6.46. The first-order valence-corrected chi connectivity index (χ1v) is 10.00. The number of carbonyl (C=O) groups is 2. The van der Waals surface area contributed by atoms with Crippen molar-refractivity contribution in [2.75, 3.05) is 20.8 Å². The number of hydrogen-bond donors (Lipinski definition) is 0. The average molecular weight is 374 g/mol. The summed E-state index contributed by atoms with van der Waals surface area (Å²) >= 11 is 0. The van der Waals surface area contributed by atoms with Gasteiger partial charge in [0.25, 0.3) is 0 Å². The summed E-state index contributed by atoms with van der Waals surface area (Å²) in [5.41, 5.74) is 0.545. The van der Waals surface area contributed by atoms with Crippen molar-refractivity contribution < 1.29 is 23.8 Å². The third-order valence-corrected chi connectivity index (χ3v) is 8.29. The summed E-state index contributed by atoms with van der Waals surface area (Å²) in [5.74, 6) is 0.512. The molecule has 0 aromatic heterocycles. The quantitative estimate of drug-likeness (QED) is 0.545. The van der Waals surface area contributed by atoms with Gasteiger partial charge in [0.1, 0.15) is 12.0 Å². The molecule has 0 bridgehead atoms. The zero-order valence-corrected chi connectivity index (χ0v) is 16.7. The summed E-state index contributed by atoms with van der Waals surface area (Å²) < 4.78 is 16.0. The van der Waals surface area contributed by atoms with E-state index in [2.05, 4.69) is 26.0 Å². The van der Waals surface area contributed by atoms with Crippen LogP contribution in [0.5, 0.6) is 0 Å². The van der Waals surface area contributed by atoms with Crippen molar-refractivity contribution >= 4 is 11.9 Å². The largest absolute Gasteiger partial charge is 0.468 e. The summed E-state index contributed by atoms with van der Waals surface area (Å²) in [6.07, 6.45) is 10.7. The van der Waals surface area contributed by atoms with Gasteiger partial charge in [0.15, 0.2) is 0 Å². The Balaban J connectivity index is 1.65. The second-order valence-corrected chi connectivity index (χ2v) is 9.17. The van der Waals surface area contributed by atoms with Crippen molar-refractivity contribution in [1.82, 2.24) is 0 Å². The van der Waals surface area contributed by atoms with Crippen molar-refractivity contribution in [3.8, 4) is 0 Å². The molecule has 1 heterocycles. The van der Waals surface area contributed by atoms with Crippen LogP contribution in [0.2, 0.25) is 0 Å². The van der Waals surface area contributed by atoms with Crippen LogP contribution in [0.1, 0.15) is 46.0 Å². The molecule has 5 heteroatoms. The number of rotatable bonds is 5. The maximum atomic E-state index is 12.8. The van der Waals surface area contributed by atoms with Crippen LogP contribution in [-0.2, 0) is 23.8 Å². The molecule has 0 amide bonds. The molecular formula is C22H30O5. The normalized spacial score (nSPS) is 44.8. The van der Waals surface area contributed by atoms with Crippen LogP contribution in [0.3, 0.4) is 0 Å². The van der Waals surface area contributed by atoms with Gasteiger partial charge in [-0.15, -0.1) is 0 Å². The lowest BCUT2D eigenvalue weighted by Crippen LogP contribution is -2.50. The van der Waals surface area contributed by atoms with Gasteiger partial charge in [0.05, 0.1) is 13.2 Å². The van der Waals surface area contributed by atoms with Crippen LogP contribution < -0.4 is 0 Å². The molecule has 2 saturated carbocycles.